The number of nitrogens with zero attached hydrogens (tertiary/aromatic N) is 1. The Morgan fingerprint density at radius 2 is 1.81 bits per heavy atom. The molecule has 0 aliphatic heterocycles. The first kappa shape index (κ1) is 40.6. The summed E-state index contributed by atoms with van der Waals surface area (Å²) in [6.45, 7) is 9.81. The summed E-state index contributed by atoms with van der Waals surface area (Å²) in [4.78, 5) is 36.1. The summed E-state index contributed by atoms with van der Waals surface area (Å²) in [6, 6.07) is 4.99. The fraction of sp³-hybridized carbons (Fsp3) is 0.600. The van der Waals surface area contributed by atoms with E-state index in [0.29, 0.717) is 31.8 Å². The van der Waals surface area contributed by atoms with Gasteiger partial charge in [-0.1, -0.05) is 64.5 Å². The molecule has 1 aromatic carbocycles. The first-order valence-corrected chi connectivity index (χ1v) is 14.3. The number of rotatable bonds is 18. The Morgan fingerprint density at radius 3 is 2.40 bits per heavy atom. The van der Waals surface area contributed by atoms with Gasteiger partial charge in [0.05, 0.1) is 12.2 Å². The molecule has 0 aliphatic rings. The minimum Gasteiger partial charge on any atom is -0.493 e. The Morgan fingerprint density at radius 1 is 1.10 bits per heavy atom. The van der Waals surface area contributed by atoms with Gasteiger partial charge in [-0.05, 0) is 63.1 Å². The van der Waals surface area contributed by atoms with Gasteiger partial charge >= 0.3 is 12.1 Å². The normalized spacial score (nSPS) is 11.5. The zero-order chi connectivity index (χ0) is 32.2. The summed E-state index contributed by atoms with van der Waals surface area (Å²) in [5, 5.41) is 11.2. The number of halogens is 3. The number of nitrogens with one attached hydrogen (secondary N) is 1. The molecule has 240 valence electrons. The summed E-state index contributed by atoms with van der Waals surface area (Å²) in [5.74, 6) is -0.0425. The second kappa shape index (κ2) is 26.3. The van der Waals surface area contributed by atoms with E-state index in [1.807, 2.05) is 32.9 Å². The molecule has 1 atom stereocenters. The second-order valence-electron chi connectivity index (χ2n) is 8.56. The Hall–Kier alpha value is -3.57. The molecule has 0 radical (unpaired) electrons. The molecule has 0 saturated heterocycles. The highest BCUT2D eigenvalue weighted by Gasteiger charge is 2.30. The lowest BCUT2D eigenvalue weighted by molar-refractivity contribution is -0.757. The Bertz CT molecular complexity index is 922. The van der Waals surface area contributed by atoms with Gasteiger partial charge in [0.15, 0.2) is 0 Å². The molecule has 0 bridgehead atoms. The van der Waals surface area contributed by atoms with Crippen LogP contribution in [0.5, 0.6) is 5.75 Å². The fourth-order valence-corrected chi connectivity index (χ4v) is 3.23. The minimum atomic E-state index is -4.33. The van der Waals surface area contributed by atoms with Gasteiger partial charge in [-0.2, -0.15) is 13.2 Å². The van der Waals surface area contributed by atoms with Gasteiger partial charge in [-0.15, -0.1) is 10.1 Å². The monoisotopic (exact) mass is 604 g/mol. The topological polar surface area (TPSA) is 117 Å². The van der Waals surface area contributed by atoms with Crippen LogP contribution in [0.3, 0.4) is 0 Å². The van der Waals surface area contributed by atoms with Crippen LogP contribution >= 0.6 is 0 Å². The highest BCUT2D eigenvalue weighted by Crippen LogP contribution is 2.31. The Balaban J connectivity index is 0. The van der Waals surface area contributed by atoms with Crippen molar-refractivity contribution in [2.24, 2.45) is 5.92 Å². The van der Waals surface area contributed by atoms with E-state index in [1.165, 1.54) is 12.5 Å². The van der Waals surface area contributed by atoms with Gasteiger partial charge in [0.2, 0.25) is 5.91 Å². The highest BCUT2D eigenvalue weighted by atomic mass is 19.4. The standard InChI is InChI=1S/C17H23F3O.C11H18N2O6.C2H6/c1-3-8-14(4-2)9-5-6-12-21-16-11-7-10-15(13-16)17(18,19)20;1-2-3-4-5-6-10(14)12-9-11(15)18-7-8-19-13(16)17;1-2/h5,7,9-11,13-14H,3-4,6,8,12H2,1-2H3;2-3H,4-9H2,1H3,(H,12,14);1-2H3/b9-5+;3-2-;. The van der Waals surface area contributed by atoms with Crippen LogP contribution in [0.1, 0.15) is 85.1 Å². The van der Waals surface area contributed by atoms with E-state index in [1.54, 1.807) is 6.07 Å². The number of benzene rings is 1. The van der Waals surface area contributed by atoms with Gasteiger partial charge in [-0.3, -0.25) is 9.59 Å². The third kappa shape index (κ3) is 24.2. The van der Waals surface area contributed by atoms with Crippen molar-refractivity contribution in [1.29, 1.82) is 0 Å². The van der Waals surface area contributed by atoms with Crippen molar-refractivity contribution in [3.05, 3.63) is 64.2 Å². The molecule has 1 aromatic rings. The number of allylic oxidation sites excluding steroid dienone is 3. The van der Waals surface area contributed by atoms with Crippen LogP contribution in [-0.4, -0.2) is 43.3 Å². The number of amides is 1. The minimum absolute atomic E-state index is 0.225. The van der Waals surface area contributed by atoms with Gasteiger partial charge in [-0.25, -0.2) is 0 Å². The highest BCUT2D eigenvalue weighted by molar-refractivity contribution is 5.81. The molecule has 12 heteroatoms. The van der Waals surface area contributed by atoms with Crippen LogP contribution in [0.15, 0.2) is 48.6 Å². The molecule has 1 amide bonds. The fourth-order valence-electron chi connectivity index (χ4n) is 3.23. The number of carbonyl (C=O) groups excluding carboxylic acids is 2. The number of esters is 1. The predicted molar refractivity (Wildman–Crippen MR) is 156 cm³/mol. The summed E-state index contributed by atoms with van der Waals surface area (Å²) >= 11 is 0. The number of unbranched alkanes of at least 4 members (excludes halogenated alkanes) is 1. The maximum atomic E-state index is 12.5. The molecule has 0 aliphatic carbocycles. The van der Waals surface area contributed by atoms with Gasteiger partial charge in [0.25, 0.3) is 5.09 Å². The van der Waals surface area contributed by atoms with Gasteiger partial charge < -0.3 is 19.6 Å². The molecular formula is C30H47F3N2O7. The molecule has 9 nitrogen and oxygen atoms in total. The molecular weight excluding hydrogens is 557 g/mol. The van der Waals surface area contributed by atoms with Crippen molar-refractivity contribution in [3.8, 4) is 5.75 Å². The molecule has 0 heterocycles. The average Bonchev–Trinajstić information content (AvgIpc) is 2.96. The SMILES string of the molecule is C/C=C\CCCC(=O)NCC(=O)OCCO[N+](=O)[O-].CC.CCCC(/C=C/CCOc1cccc(C(F)(F)F)c1)CC. The lowest BCUT2D eigenvalue weighted by atomic mass is 10.0. The first-order chi connectivity index (χ1) is 20.0. The van der Waals surface area contributed by atoms with E-state index >= 15 is 0 Å². The van der Waals surface area contributed by atoms with Gasteiger partial charge in [0.1, 0.15) is 25.5 Å². The van der Waals surface area contributed by atoms with Crippen molar-refractivity contribution < 1.29 is 42.2 Å². The largest absolute Gasteiger partial charge is 0.493 e. The van der Waals surface area contributed by atoms with E-state index < -0.39 is 22.8 Å². The van der Waals surface area contributed by atoms with E-state index in [-0.39, 0.29) is 31.4 Å². The van der Waals surface area contributed by atoms with Crippen molar-refractivity contribution in [1.82, 2.24) is 5.32 Å². The molecule has 0 aromatic heterocycles. The number of carbonyl (C=O) groups is 2. The van der Waals surface area contributed by atoms with E-state index in [4.69, 9.17) is 4.74 Å². The lowest BCUT2D eigenvalue weighted by Gasteiger charge is -2.10. The maximum absolute atomic E-state index is 12.5. The Kier molecular flexibility index (Phi) is 25.4. The Labute approximate surface area is 247 Å². The van der Waals surface area contributed by atoms with Gasteiger partial charge in [0, 0.05) is 6.42 Å². The zero-order valence-electron chi connectivity index (χ0n) is 25.4. The second-order valence-corrected chi connectivity index (χ2v) is 8.56. The molecule has 1 rings (SSSR count). The molecule has 0 spiro atoms. The first-order valence-electron chi connectivity index (χ1n) is 14.3. The lowest BCUT2D eigenvalue weighted by Crippen LogP contribution is -2.31. The van der Waals surface area contributed by atoms with Crippen LogP contribution in [0.25, 0.3) is 0 Å². The van der Waals surface area contributed by atoms with Crippen LogP contribution < -0.4 is 10.1 Å². The summed E-state index contributed by atoms with van der Waals surface area (Å²) in [7, 11) is 0. The third-order valence-corrected chi connectivity index (χ3v) is 5.29. The molecule has 1 unspecified atom stereocenters. The van der Waals surface area contributed by atoms with Crippen molar-refractivity contribution >= 4 is 11.9 Å². The number of hydrogen-bond acceptors (Lipinski definition) is 7. The molecule has 0 saturated carbocycles. The number of alkyl halides is 3. The van der Waals surface area contributed by atoms with E-state index in [0.717, 1.165) is 31.4 Å². The quantitative estimate of drug-likeness (QED) is 0.0607. The molecule has 42 heavy (non-hydrogen) atoms. The van der Waals surface area contributed by atoms with Crippen molar-refractivity contribution in [2.45, 2.75) is 85.7 Å². The van der Waals surface area contributed by atoms with Crippen molar-refractivity contribution in [3.63, 3.8) is 0 Å². The smallest absolute Gasteiger partial charge is 0.416 e. The van der Waals surface area contributed by atoms with Crippen LogP contribution in [0.4, 0.5) is 13.2 Å². The number of ether oxygens (including phenoxy) is 2. The van der Waals surface area contributed by atoms with Crippen LogP contribution in [-0.2, 0) is 25.3 Å². The third-order valence-electron chi connectivity index (χ3n) is 5.29. The van der Waals surface area contributed by atoms with Crippen LogP contribution in [0, 0.1) is 16.0 Å². The predicted octanol–water partition coefficient (Wildman–Crippen LogP) is 7.48. The summed E-state index contributed by atoms with van der Waals surface area (Å²) in [6.07, 6.45) is 9.76. The van der Waals surface area contributed by atoms with E-state index in [9.17, 15) is 32.9 Å². The summed E-state index contributed by atoms with van der Waals surface area (Å²) in [5.41, 5.74) is -0.676. The average molecular weight is 605 g/mol. The van der Waals surface area contributed by atoms with E-state index in [2.05, 4.69) is 40.9 Å². The maximum Gasteiger partial charge on any atom is 0.416 e. The van der Waals surface area contributed by atoms with Crippen molar-refractivity contribution in [2.75, 3.05) is 26.4 Å². The number of hydrogen-bond donors (Lipinski definition) is 1. The zero-order valence-corrected chi connectivity index (χ0v) is 25.4. The van der Waals surface area contributed by atoms with Crippen LogP contribution in [0.2, 0.25) is 0 Å². The molecule has 1 N–H and O–H groups in total. The summed E-state index contributed by atoms with van der Waals surface area (Å²) < 4.78 is 47.6. The molecule has 0 fully saturated rings.